The molecule has 0 aliphatic rings. The van der Waals surface area contributed by atoms with Gasteiger partial charge in [0.2, 0.25) is 0 Å². The van der Waals surface area contributed by atoms with Crippen LogP contribution in [0, 0.1) is 0 Å². The molecule has 0 aliphatic carbocycles. The number of nitrogens with two attached hydrogens (primary N) is 1. The van der Waals surface area contributed by atoms with Gasteiger partial charge < -0.3 is 0 Å². The van der Waals surface area contributed by atoms with Gasteiger partial charge >= 0.3 is 0 Å². The molecule has 0 atom stereocenters. The highest BCUT2D eigenvalue weighted by molar-refractivity contribution is 6.08. The maximum atomic E-state index is 11.9. The van der Waals surface area contributed by atoms with Crippen molar-refractivity contribution in [3.8, 4) is 0 Å². The molecule has 2 amide bonds. The number of carbonyl (C=O) groups is 2. The molecule has 0 unspecified atom stereocenters. The van der Waals surface area contributed by atoms with E-state index in [2.05, 4.69) is 9.97 Å². The van der Waals surface area contributed by atoms with E-state index in [0.717, 1.165) is 0 Å². The summed E-state index contributed by atoms with van der Waals surface area (Å²) in [6.07, 6.45) is 4.36. The molecule has 2 heterocycles. The molecule has 0 aliphatic heterocycles. The SMILES string of the molecule is NN(C(=O)c1ccncc1)C(=O)c1ccccn1. The summed E-state index contributed by atoms with van der Waals surface area (Å²) in [6, 6.07) is 7.76. The average Bonchev–Trinajstić information content (AvgIpc) is 2.47. The van der Waals surface area contributed by atoms with Crippen molar-refractivity contribution in [3.05, 3.63) is 60.2 Å². The van der Waals surface area contributed by atoms with Crippen molar-refractivity contribution in [1.82, 2.24) is 15.0 Å². The first-order chi connectivity index (χ1) is 8.70. The number of imide groups is 1. The van der Waals surface area contributed by atoms with Crippen molar-refractivity contribution < 1.29 is 9.59 Å². The Bertz CT molecular complexity index is 505. The third-order valence-electron chi connectivity index (χ3n) is 2.25. The Morgan fingerprint density at radius 1 is 1.00 bits per heavy atom. The van der Waals surface area contributed by atoms with Gasteiger partial charge in [0.05, 0.1) is 0 Å². The second kappa shape index (κ2) is 5.15. The zero-order chi connectivity index (χ0) is 13.0. The van der Waals surface area contributed by atoms with Crippen molar-refractivity contribution >= 4 is 11.8 Å². The Morgan fingerprint density at radius 3 is 2.33 bits per heavy atom. The van der Waals surface area contributed by atoms with Gasteiger partial charge in [-0.15, -0.1) is 0 Å². The van der Waals surface area contributed by atoms with E-state index >= 15 is 0 Å². The molecule has 0 fully saturated rings. The number of hydrogen-bond donors (Lipinski definition) is 1. The van der Waals surface area contributed by atoms with Gasteiger partial charge in [0.15, 0.2) is 0 Å². The Kier molecular flexibility index (Phi) is 3.40. The minimum atomic E-state index is -0.655. The lowest BCUT2D eigenvalue weighted by atomic mass is 10.2. The summed E-state index contributed by atoms with van der Waals surface area (Å²) >= 11 is 0. The third kappa shape index (κ3) is 2.38. The van der Waals surface area contributed by atoms with Gasteiger partial charge in [-0.2, -0.15) is 0 Å². The van der Waals surface area contributed by atoms with Crippen molar-refractivity contribution in [3.63, 3.8) is 0 Å². The summed E-state index contributed by atoms with van der Waals surface area (Å²) in [5.74, 6) is 4.24. The molecular formula is C12H10N4O2. The molecule has 6 nitrogen and oxygen atoms in total. The Balaban J connectivity index is 2.20. The predicted octanol–water partition coefficient (Wildman–Crippen LogP) is 0.633. The highest BCUT2D eigenvalue weighted by Crippen LogP contribution is 2.04. The summed E-state index contributed by atoms with van der Waals surface area (Å²) in [5.41, 5.74) is 0.402. The van der Waals surface area contributed by atoms with E-state index in [0.29, 0.717) is 5.01 Å². The predicted molar refractivity (Wildman–Crippen MR) is 63.2 cm³/mol. The van der Waals surface area contributed by atoms with Gasteiger partial charge in [0, 0.05) is 24.2 Å². The first kappa shape index (κ1) is 11.9. The quantitative estimate of drug-likeness (QED) is 0.361. The summed E-state index contributed by atoms with van der Waals surface area (Å²) in [5, 5.41) is 0.539. The first-order valence-corrected chi connectivity index (χ1v) is 5.14. The second-order valence-electron chi connectivity index (χ2n) is 3.43. The second-order valence-corrected chi connectivity index (χ2v) is 3.43. The van der Waals surface area contributed by atoms with Crippen LogP contribution < -0.4 is 5.84 Å². The molecule has 2 rings (SSSR count). The molecule has 6 heteroatoms. The molecule has 0 radical (unpaired) electrons. The van der Waals surface area contributed by atoms with Gasteiger partial charge in [0.25, 0.3) is 11.8 Å². The molecule has 2 aromatic rings. The van der Waals surface area contributed by atoms with Crippen LogP contribution in [0.4, 0.5) is 0 Å². The molecule has 0 saturated heterocycles. The number of rotatable bonds is 2. The van der Waals surface area contributed by atoms with Crippen LogP contribution in [0.25, 0.3) is 0 Å². The first-order valence-electron chi connectivity index (χ1n) is 5.14. The lowest BCUT2D eigenvalue weighted by Gasteiger charge is -2.13. The van der Waals surface area contributed by atoms with Crippen molar-refractivity contribution in [2.75, 3.05) is 0 Å². The fraction of sp³-hybridized carbons (Fsp3) is 0. The smallest absolute Gasteiger partial charge is 0.267 e. The Hall–Kier alpha value is -2.60. The van der Waals surface area contributed by atoms with Gasteiger partial charge in [-0.25, -0.2) is 10.9 Å². The van der Waals surface area contributed by atoms with E-state index in [9.17, 15) is 9.59 Å². The zero-order valence-corrected chi connectivity index (χ0v) is 9.35. The fourth-order valence-corrected chi connectivity index (χ4v) is 1.34. The summed E-state index contributed by atoms with van der Waals surface area (Å²) in [7, 11) is 0. The molecule has 0 aromatic carbocycles. The number of nitrogens with zero attached hydrogens (tertiary/aromatic N) is 3. The van der Waals surface area contributed by atoms with Crippen LogP contribution >= 0.6 is 0 Å². The monoisotopic (exact) mass is 242 g/mol. The van der Waals surface area contributed by atoms with Crippen LogP contribution in [-0.2, 0) is 0 Å². The van der Waals surface area contributed by atoms with E-state index in [4.69, 9.17) is 5.84 Å². The minimum absolute atomic E-state index is 0.113. The van der Waals surface area contributed by atoms with Crippen molar-refractivity contribution in [2.45, 2.75) is 0 Å². The van der Waals surface area contributed by atoms with Gasteiger partial charge in [-0.05, 0) is 24.3 Å². The van der Waals surface area contributed by atoms with Gasteiger partial charge in [-0.3, -0.25) is 19.6 Å². The third-order valence-corrected chi connectivity index (χ3v) is 2.25. The largest absolute Gasteiger partial charge is 0.293 e. The van der Waals surface area contributed by atoms with E-state index in [1.165, 1.54) is 36.8 Å². The number of amides is 2. The highest BCUT2D eigenvalue weighted by atomic mass is 16.2. The standard InChI is InChI=1S/C12H10N4O2/c13-16(11(17)9-4-7-14-8-5-9)12(18)10-3-1-2-6-15-10/h1-8H,13H2. The van der Waals surface area contributed by atoms with Crippen LogP contribution in [0.3, 0.4) is 0 Å². The zero-order valence-electron chi connectivity index (χ0n) is 9.35. The number of hydrazine groups is 1. The molecule has 2 aromatic heterocycles. The van der Waals surface area contributed by atoms with Crippen LogP contribution in [-0.4, -0.2) is 26.8 Å². The van der Waals surface area contributed by atoms with E-state index < -0.39 is 11.8 Å². The maximum Gasteiger partial charge on any atom is 0.293 e. The lowest BCUT2D eigenvalue weighted by Crippen LogP contribution is -2.42. The number of carbonyl (C=O) groups excluding carboxylic acids is 2. The summed E-state index contributed by atoms with van der Waals surface area (Å²) < 4.78 is 0. The lowest BCUT2D eigenvalue weighted by molar-refractivity contribution is 0.0612. The summed E-state index contributed by atoms with van der Waals surface area (Å²) in [6.45, 7) is 0. The maximum absolute atomic E-state index is 11.9. The van der Waals surface area contributed by atoms with Crippen LogP contribution in [0.5, 0.6) is 0 Å². The Morgan fingerprint density at radius 2 is 1.72 bits per heavy atom. The molecule has 0 saturated carbocycles. The number of aromatic nitrogens is 2. The van der Waals surface area contributed by atoms with E-state index in [-0.39, 0.29) is 11.3 Å². The van der Waals surface area contributed by atoms with E-state index in [1.807, 2.05) is 0 Å². The molecule has 2 N–H and O–H groups in total. The van der Waals surface area contributed by atoms with E-state index in [1.54, 1.807) is 12.1 Å². The highest BCUT2D eigenvalue weighted by Gasteiger charge is 2.21. The molecule has 18 heavy (non-hydrogen) atoms. The van der Waals surface area contributed by atoms with Crippen LogP contribution in [0.2, 0.25) is 0 Å². The topological polar surface area (TPSA) is 89.2 Å². The number of pyridine rings is 2. The van der Waals surface area contributed by atoms with Gasteiger partial charge in [-0.1, -0.05) is 6.07 Å². The normalized spacial score (nSPS) is 9.83. The average molecular weight is 242 g/mol. The van der Waals surface area contributed by atoms with Gasteiger partial charge in [0.1, 0.15) is 5.69 Å². The fourth-order valence-electron chi connectivity index (χ4n) is 1.34. The summed E-state index contributed by atoms with van der Waals surface area (Å²) in [4.78, 5) is 31.4. The molecular weight excluding hydrogens is 232 g/mol. The van der Waals surface area contributed by atoms with Crippen molar-refractivity contribution in [2.24, 2.45) is 5.84 Å². The van der Waals surface area contributed by atoms with Crippen LogP contribution in [0.1, 0.15) is 20.8 Å². The minimum Gasteiger partial charge on any atom is -0.267 e. The van der Waals surface area contributed by atoms with Crippen molar-refractivity contribution in [1.29, 1.82) is 0 Å². The Labute approximate surface area is 103 Å². The number of hydrogen-bond acceptors (Lipinski definition) is 5. The molecule has 0 spiro atoms. The van der Waals surface area contributed by atoms with Crippen LogP contribution in [0.15, 0.2) is 48.9 Å². The molecule has 0 bridgehead atoms. The molecule has 90 valence electrons.